The summed E-state index contributed by atoms with van der Waals surface area (Å²) in [7, 11) is 3.16. The van der Waals surface area contributed by atoms with Crippen molar-refractivity contribution in [2.24, 2.45) is 0 Å². The third kappa shape index (κ3) is 3.01. The first-order valence-corrected chi connectivity index (χ1v) is 5.02. The molecule has 82 valence electrons. The summed E-state index contributed by atoms with van der Waals surface area (Å²) < 4.78 is 5.02. The maximum atomic E-state index is 11.3. The quantitative estimate of drug-likeness (QED) is 0.762. The van der Waals surface area contributed by atoms with Crippen LogP contribution in [-0.2, 0) is 0 Å². The van der Waals surface area contributed by atoms with Crippen LogP contribution >= 0.6 is 23.2 Å². The molecule has 0 unspecified atom stereocenters. The van der Waals surface area contributed by atoms with Gasteiger partial charge in [0.15, 0.2) is 5.75 Å². The Morgan fingerprint density at radius 1 is 1.27 bits per heavy atom. The van der Waals surface area contributed by atoms with Crippen LogP contribution in [0, 0.1) is 6.92 Å². The molecule has 0 heterocycles. The SMILES string of the molecule is Cc1cc(Cl)c(OC(=O)N(C)C)c(Cl)c1. The minimum Gasteiger partial charge on any atom is -0.407 e. The molecule has 1 amide bonds. The first-order chi connectivity index (χ1) is 6.91. The van der Waals surface area contributed by atoms with Crippen LogP contribution < -0.4 is 4.74 Å². The van der Waals surface area contributed by atoms with Gasteiger partial charge in [-0.3, -0.25) is 0 Å². The zero-order chi connectivity index (χ0) is 11.6. The molecule has 0 N–H and O–H groups in total. The summed E-state index contributed by atoms with van der Waals surface area (Å²) in [6.07, 6.45) is -0.511. The molecule has 1 aromatic carbocycles. The molecule has 0 spiro atoms. The van der Waals surface area contributed by atoms with Crippen molar-refractivity contribution in [1.29, 1.82) is 0 Å². The Morgan fingerprint density at radius 2 is 1.73 bits per heavy atom. The molecular formula is C10H11Cl2NO2. The average molecular weight is 248 g/mol. The molecule has 0 fully saturated rings. The van der Waals surface area contributed by atoms with Gasteiger partial charge in [0.2, 0.25) is 0 Å². The third-order valence-corrected chi connectivity index (χ3v) is 2.26. The van der Waals surface area contributed by atoms with Crippen molar-refractivity contribution in [3.63, 3.8) is 0 Å². The number of nitrogens with zero attached hydrogens (tertiary/aromatic N) is 1. The van der Waals surface area contributed by atoms with Crippen LogP contribution in [0.5, 0.6) is 5.75 Å². The number of halogens is 2. The third-order valence-electron chi connectivity index (χ3n) is 1.70. The van der Waals surface area contributed by atoms with Crippen LogP contribution in [0.2, 0.25) is 10.0 Å². The molecule has 0 aliphatic carbocycles. The fourth-order valence-corrected chi connectivity index (χ4v) is 1.64. The molecule has 1 aromatic rings. The van der Waals surface area contributed by atoms with E-state index in [0.29, 0.717) is 10.0 Å². The number of amides is 1. The Bertz CT molecular complexity index is 368. The second-order valence-corrected chi connectivity index (χ2v) is 4.13. The van der Waals surface area contributed by atoms with Crippen LogP contribution in [0.1, 0.15) is 5.56 Å². The molecule has 0 atom stereocenters. The van der Waals surface area contributed by atoms with Crippen LogP contribution in [0.25, 0.3) is 0 Å². The lowest BCUT2D eigenvalue weighted by atomic mass is 10.2. The standard InChI is InChI=1S/C10H11Cl2NO2/c1-6-4-7(11)9(8(12)5-6)15-10(14)13(2)3/h4-5H,1-3H3. The maximum absolute atomic E-state index is 11.3. The highest BCUT2D eigenvalue weighted by Gasteiger charge is 2.14. The van der Waals surface area contributed by atoms with Crippen LogP contribution in [-0.4, -0.2) is 25.1 Å². The van der Waals surface area contributed by atoms with Crippen molar-refractivity contribution in [3.05, 3.63) is 27.7 Å². The molecule has 0 saturated heterocycles. The largest absolute Gasteiger partial charge is 0.414 e. The second kappa shape index (κ2) is 4.73. The van der Waals surface area contributed by atoms with E-state index in [1.165, 1.54) is 4.90 Å². The number of hydrogen-bond donors (Lipinski definition) is 0. The average Bonchev–Trinajstić information content (AvgIpc) is 2.10. The first-order valence-electron chi connectivity index (χ1n) is 4.26. The van der Waals surface area contributed by atoms with Gasteiger partial charge in [-0.1, -0.05) is 23.2 Å². The highest BCUT2D eigenvalue weighted by Crippen LogP contribution is 2.34. The fourth-order valence-electron chi connectivity index (χ4n) is 0.963. The van der Waals surface area contributed by atoms with E-state index in [9.17, 15) is 4.79 Å². The fraction of sp³-hybridized carbons (Fsp3) is 0.300. The number of carbonyl (C=O) groups is 1. The van der Waals surface area contributed by atoms with E-state index < -0.39 is 6.09 Å². The van der Waals surface area contributed by atoms with Gasteiger partial charge in [-0.2, -0.15) is 0 Å². The topological polar surface area (TPSA) is 29.5 Å². The molecule has 0 bridgehead atoms. The summed E-state index contributed by atoms with van der Waals surface area (Å²) in [6, 6.07) is 3.37. The number of aryl methyl sites for hydroxylation is 1. The molecule has 1 rings (SSSR count). The van der Waals surface area contributed by atoms with Gasteiger partial charge in [0.25, 0.3) is 0 Å². The molecule has 0 aliphatic heterocycles. The lowest BCUT2D eigenvalue weighted by Gasteiger charge is -2.13. The van der Waals surface area contributed by atoms with E-state index in [0.717, 1.165) is 5.56 Å². The molecule has 3 nitrogen and oxygen atoms in total. The van der Waals surface area contributed by atoms with Gasteiger partial charge >= 0.3 is 6.09 Å². The molecule has 0 aliphatic rings. The van der Waals surface area contributed by atoms with Crippen molar-refractivity contribution < 1.29 is 9.53 Å². The molecule has 15 heavy (non-hydrogen) atoms. The van der Waals surface area contributed by atoms with Crippen molar-refractivity contribution in [3.8, 4) is 5.75 Å². The maximum Gasteiger partial charge on any atom is 0.414 e. The first kappa shape index (κ1) is 12.1. The van der Waals surface area contributed by atoms with E-state index in [4.69, 9.17) is 27.9 Å². The monoisotopic (exact) mass is 247 g/mol. The Labute approximate surface area is 98.5 Å². The predicted octanol–water partition coefficient (Wildman–Crippen LogP) is 3.36. The lowest BCUT2D eigenvalue weighted by Crippen LogP contribution is -2.25. The number of hydrogen-bond acceptors (Lipinski definition) is 2. The Hall–Kier alpha value is -0.930. The Kier molecular flexibility index (Phi) is 3.83. The molecule has 0 aromatic heterocycles. The molecular weight excluding hydrogens is 237 g/mol. The Balaban J connectivity index is 3.00. The van der Waals surface area contributed by atoms with Gasteiger partial charge < -0.3 is 9.64 Å². The van der Waals surface area contributed by atoms with Gasteiger partial charge in [0.05, 0.1) is 10.0 Å². The normalized spacial score (nSPS) is 9.93. The van der Waals surface area contributed by atoms with Crippen LogP contribution in [0.3, 0.4) is 0 Å². The van der Waals surface area contributed by atoms with Crippen molar-refractivity contribution in [1.82, 2.24) is 4.90 Å². The summed E-state index contributed by atoms with van der Waals surface area (Å²) in [5, 5.41) is 0.658. The summed E-state index contributed by atoms with van der Waals surface area (Å²) in [5.74, 6) is 0.197. The van der Waals surface area contributed by atoms with E-state index in [1.807, 2.05) is 6.92 Å². The van der Waals surface area contributed by atoms with E-state index in [-0.39, 0.29) is 5.75 Å². The van der Waals surface area contributed by atoms with Crippen LogP contribution in [0.15, 0.2) is 12.1 Å². The van der Waals surface area contributed by atoms with Crippen molar-refractivity contribution in [2.75, 3.05) is 14.1 Å². The van der Waals surface area contributed by atoms with Gasteiger partial charge in [-0.05, 0) is 24.6 Å². The zero-order valence-corrected chi connectivity index (χ0v) is 10.2. The molecule has 0 saturated carbocycles. The highest BCUT2D eigenvalue weighted by molar-refractivity contribution is 6.37. The van der Waals surface area contributed by atoms with Crippen LogP contribution in [0.4, 0.5) is 4.79 Å². The predicted molar refractivity (Wildman–Crippen MR) is 60.9 cm³/mol. The zero-order valence-electron chi connectivity index (χ0n) is 8.67. The van der Waals surface area contributed by atoms with E-state index in [1.54, 1.807) is 26.2 Å². The number of ether oxygens (including phenoxy) is 1. The van der Waals surface area contributed by atoms with E-state index >= 15 is 0 Å². The highest BCUT2D eigenvalue weighted by atomic mass is 35.5. The van der Waals surface area contributed by atoms with E-state index in [2.05, 4.69) is 0 Å². The second-order valence-electron chi connectivity index (χ2n) is 3.32. The number of carbonyl (C=O) groups excluding carboxylic acids is 1. The summed E-state index contributed by atoms with van der Waals surface area (Å²) >= 11 is 11.8. The minimum atomic E-state index is -0.511. The van der Waals surface area contributed by atoms with Crippen molar-refractivity contribution in [2.45, 2.75) is 6.92 Å². The lowest BCUT2D eigenvalue weighted by molar-refractivity contribution is 0.172. The van der Waals surface area contributed by atoms with Gasteiger partial charge in [-0.25, -0.2) is 4.79 Å². The summed E-state index contributed by atoms with van der Waals surface area (Å²) in [4.78, 5) is 12.6. The summed E-state index contributed by atoms with van der Waals surface area (Å²) in [5.41, 5.74) is 0.912. The number of benzene rings is 1. The van der Waals surface area contributed by atoms with Gasteiger partial charge in [-0.15, -0.1) is 0 Å². The Morgan fingerprint density at radius 3 is 2.13 bits per heavy atom. The number of rotatable bonds is 1. The van der Waals surface area contributed by atoms with Crippen molar-refractivity contribution >= 4 is 29.3 Å². The van der Waals surface area contributed by atoms with Gasteiger partial charge in [0, 0.05) is 14.1 Å². The minimum absolute atomic E-state index is 0.197. The summed E-state index contributed by atoms with van der Waals surface area (Å²) in [6.45, 7) is 1.86. The van der Waals surface area contributed by atoms with Gasteiger partial charge in [0.1, 0.15) is 0 Å². The smallest absolute Gasteiger partial charge is 0.407 e. The molecule has 5 heteroatoms. The molecule has 0 radical (unpaired) electrons.